The minimum Gasteiger partial charge on any atom is -0.573 e. The smallest absolute Gasteiger partial charge is 0.573 e. The summed E-state index contributed by atoms with van der Waals surface area (Å²) in [5, 5.41) is 9.23. The van der Waals surface area contributed by atoms with Gasteiger partial charge in [0.05, 0.1) is 35.3 Å². The zero-order valence-corrected chi connectivity index (χ0v) is 39.9. The average molecular weight is 1030 g/mol. The standard InChI is InChI=1S/C29H30F3N3S.C22H15N3O6.Ru/c1-5-6-7-8-9-20-14-15-36-27(20)21-16-23(19-10-12-22(13-11-19)28(2,3)4)33-24(17-21)25-18-26(35-34-25)29(30,31)32;26-13-29-7-3-16-1-5-23-19(9-16)21-11-18(31-15-28)12-22(25-21)20-10-17(2-6-24-20)4-8-30-14-27;/h10,12-18H,5-9H2,1-4H3;1-15H;/q-2;;+2/b;7-3+,8-4+;. The quantitative estimate of drug-likeness (QED) is 0.0264. The number of nitrogens with zero attached hydrogens (tertiary/aromatic N) is 6. The Kier molecular flexibility index (Phi) is 18.9. The SMILES string of the molecule is CCCCCCc1ccsc1-c1cc(-c2[c-]cc(C(C)(C)C)cc2)nc(-c2cc(C(F)(F)F)n[n-]2)c1.O=CO/C=C/c1ccnc(-c2cc(OC=O)cc(-c3cc(/C=C/OC=O)ccn3)n2)c1.[Ru+2]. The van der Waals surface area contributed by atoms with E-state index in [1.54, 1.807) is 72.3 Å². The largest absolute Gasteiger partial charge is 2.00 e. The fourth-order valence-corrected chi connectivity index (χ4v) is 7.58. The second-order valence-electron chi connectivity index (χ2n) is 15.9. The van der Waals surface area contributed by atoms with Crippen molar-refractivity contribution in [2.24, 2.45) is 0 Å². The Morgan fingerprint density at radius 2 is 1.35 bits per heavy atom. The number of thiophene rings is 1. The number of alkyl halides is 3. The van der Waals surface area contributed by atoms with Crippen LogP contribution in [0.3, 0.4) is 0 Å². The molecule has 17 heteroatoms. The maximum atomic E-state index is 13.2. The molecule has 12 nitrogen and oxygen atoms in total. The van der Waals surface area contributed by atoms with Crippen molar-refractivity contribution in [3.63, 3.8) is 0 Å². The van der Waals surface area contributed by atoms with Crippen LogP contribution < -0.4 is 9.84 Å². The summed E-state index contributed by atoms with van der Waals surface area (Å²) in [5.41, 5.74) is 7.49. The minimum atomic E-state index is -4.55. The third kappa shape index (κ3) is 14.5. The van der Waals surface area contributed by atoms with Gasteiger partial charge in [-0.2, -0.15) is 13.2 Å². The zero-order valence-electron chi connectivity index (χ0n) is 37.3. The molecule has 0 bridgehead atoms. The van der Waals surface area contributed by atoms with E-state index < -0.39 is 11.9 Å². The first-order valence-electron chi connectivity index (χ1n) is 21.1. The molecule has 0 saturated heterocycles. The maximum absolute atomic E-state index is 13.2. The van der Waals surface area contributed by atoms with Gasteiger partial charge in [0.1, 0.15) is 11.4 Å². The molecule has 6 heterocycles. The number of ether oxygens (including phenoxy) is 3. The Morgan fingerprint density at radius 1 is 0.721 bits per heavy atom. The maximum Gasteiger partial charge on any atom is 2.00 e. The molecule has 0 amide bonds. The number of unbranched alkanes of at least 4 members (excludes halogenated alkanes) is 3. The van der Waals surface area contributed by atoms with Crippen molar-refractivity contribution in [2.45, 2.75) is 71.4 Å². The summed E-state index contributed by atoms with van der Waals surface area (Å²) in [5.74, 6) is 0.258. The number of carbonyl (C=O) groups excluding carboxylic acids is 3. The van der Waals surface area contributed by atoms with Crippen LogP contribution in [-0.4, -0.2) is 44.5 Å². The van der Waals surface area contributed by atoms with Gasteiger partial charge >= 0.3 is 25.7 Å². The number of halogens is 3. The summed E-state index contributed by atoms with van der Waals surface area (Å²) >= 11 is 1.64. The van der Waals surface area contributed by atoms with Crippen LogP contribution in [0.5, 0.6) is 5.75 Å². The molecule has 0 aliphatic carbocycles. The van der Waals surface area contributed by atoms with Crippen LogP contribution >= 0.6 is 11.3 Å². The molecule has 0 fully saturated rings. The number of aromatic nitrogens is 6. The number of hydrogen-bond donors (Lipinski definition) is 0. The second kappa shape index (κ2) is 24.7. The molecule has 0 aliphatic rings. The monoisotopic (exact) mass is 1030 g/mol. The van der Waals surface area contributed by atoms with E-state index in [9.17, 15) is 27.6 Å². The van der Waals surface area contributed by atoms with Gasteiger partial charge in [-0.05, 0) is 106 Å². The number of benzene rings is 1. The summed E-state index contributed by atoms with van der Waals surface area (Å²) in [6.07, 6.45) is 9.89. The number of rotatable bonds is 18. The summed E-state index contributed by atoms with van der Waals surface area (Å²) < 4.78 is 53.7. The number of carbonyl (C=O) groups is 3. The Labute approximate surface area is 408 Å². The van der Waals surface area contributed by atoms with E-state index in [1.165, 1.54) is 37.4 Å². The molecule has 0 aliphatic heterocycles. The normalized spacial score (nSPS) is 11.4. The third-order valence-electron chi connectivity index (χ3n) is 10.0. The van der Waals surface area contributed by atoms with Crippen LogP contribution in [0.4, 0.5) is 13.2 Å². The van der Waals surface area contributed by atoms with Crippen LogP contribution in [0.15, 0.2) is 109 Å². The first-order chi connectivity index (χ1) is 32.3. The molecule has 7 aromatic rings. The van der Waals surface area contributed by atoms with Crippen molar-refractivity contribution in [3.8, 4) is 61.6 Å². The number of hydrogen-bond acceptors (Lipinski definition) is 12. The predicted molar refractivity (Wildman–Crippen MR) is 250 cm³/mol. The summed E-state index contributed by atoms with van der Waals surface area (Å²) in [6.45, 7) is 9.55. The number of aryl methyl sites for hydroxylation is 1. The van der Waals surface area contributed by atoms with E-state index in [0.29, 0.717) is 53.6 Å². The fourth-order valence-electron chi connectivity index (χ4n) is 6.64. The average Bonchev–Trinajstić information content (AvgIpc) is 4.03. The predicted octanol–water partition coefficient (Wildman–Crippen LogP) is 11.8. The molecule has 0 unspecified atom stereocenters. The molecular weight excluding hydrogens is 983 g/mol. The Hall–Kier alpha value is -6.97. The van der Waals surface area contributed by atoms with Gasteiger partial charge in [0.25, 0.3) is 19.4 Å². The fraction of sp³-hybridized carbons (Fsp3) is 0.216. The van der Waals surface area contributed by atoms with Crippen molar-refractivity contribution in [1.29, 1.82) is 0 Å². The van der Waals surface area contributed by atoms with Crippen LogP contribution in [-0.2, 0) is 61.3 Å². The molecule has 6 aromatic heterocycles. The molecule has 0 spiro atoms. The molecule has 68 heavy (non-hydrogen) atoms. The summed E-state index contributed by atoms with van der Waals surface area (Å²) in [4.78, 5) is 50.5. The van der Waals surface area contributed by atoms with Gasteiger partial charge in [-0.15, -0.1) is 46.7 Å². The Balaban J connectivity index is 0.000000253. The first-order valence-corrected chi connectivity index (χ1v) is 21.9. The van der Waals surface area contributed by atoms with Gasteiger partial charge in [0.2, 0.25) is 0 Å². The van der Waals surface area contributed by atoms with E-state index in [2.05, 4.69) is 79.8 Å². The van der Waals surface area contributed by atoms with Crippen LogP contribution in [0.2, 0.25) is 0 Å². The van der Waals surface area contributed by atoms with Crippen molar-refractivity contribution < 1.29 is 61.2 Å². The molecule has 350 valence electrons. The van der Waals surface area contributed by atoms with E-state index in [0.717, 1.165) is 51.6 Å². The van der Waals surface area contributed by atoms with Gasteiger partial charge in [-0.25, -0.2) is 4.98 Å². The van der Waals surface area contributed by atoms with E-state index in [1.807, 2.05) is 30.3 Å². The van der Waals surface area contributed by atoms with E-state index in [4.69, 9.17) is 9.72 Å². The second-order valence-corrected chi connectivity index (χ2v) is 16.8. The third-order valence-corrected chi connectivity index (χ3v) is 11.1. The molecular formula is C51H45F3N6O6RuS. The van der Waals surface area contributed by atoms with Crippen molar-refractivity contribution in [1.82, 2.24) is 30.1 Å². The first kappa shape index (κ1) is 52.0. The van der Waals surface area contributed by atoms with Gasteiger partial charge in [0, 0.05) is 35.1 Å². The molecule has 7 rings (SSSR count). The summed E-state index contributed by atoms with van der Waals surface area (Å²) in [6, 6.07) is 26.2. The Bertz CT molecular complexity index is 2760. The zero-order chi connectivity index (χ0) is 47.8. The van der Waals surface area contributed by atoms with Crippen LogP contribution in [0.25, 0.3) is 68.0 Å². The minimum absolute atomic E-state index is 0. The molecule has 0 radical (unpaired) electrons. The molecule has 0 atom stereocenters. The topological polar surface area (TPSA) is 157 Å². The molecule has 0 saturated carbocycles. The van der Waals surface area contributed by atoms with Crippen molar-refractivity contribution in [3.05, 3.63) is 143 Å². The van der Waals surface area contributed by atoms with Gasteiger partial charge in [-0.3, -0.25) is 29.3 Å². The number of pyridine rings is 4. The van der Waals surface area contributed by atoms with Gasteiger partial charge in [0.15, 0.2) is 0 Å². The van der Waals surface area contributed by atoms with Gasteiger partial charge < -0.3 is 24.4 Å². The van der Waals surface area contributed by atoms with Crippen molar-refractivity contribution >= 4 is 42.9 Å². The van der Waals surface area contributed by atoms with E-state index >= 15 is 0 Å². The molecule has 1 aromatic carbocycles. The molecule has 0 N–H and O–H groups in total. The van der Waals surface area contributed by atoms with Crippen molar-refractivity contribution in [2.75, 3.05) is 0 Å². The summed E-state index contributed by atoms with van der Waals surface area (Å²) in [7, 11) is 0. The Morgan fingerprint density at radius 3 is 1.90 bits per heavy atom. The van der Waals surface area contributed by atoms with E-state index in [-0.39, 0.29) is 36.3 Å². The van der Waals surface area contributed by atoms with Crippen LogP contribution in [0, 0.1) is 6.07 Å². The van der Waals surface area contributed by atoms with Crippen LogP contribution in [0.1, 0.15) is 81.3 Å². The van der Waals surface area contributed by atoms with Gasteiger partial charge in [-0.1, -0.05) is 58.7 Å².